The lowest BCUT2D eigenvalue weighted by Gasteiger charge is -2.27. The highest BCUT2D eigenvalue weighted by atomic mass is 19.4. The number of hydrogen-bond acceptors (Lipinski definition) is 4. The lowest BCUT2D eigenvalue weighted by atomic mass is 9.79. The minimum Gasteiger partial charge on any atom is -0.340 e. The molecule has 0 bridgehead atoms. The summed E-state index contributed by atoms with van der Waals surface area (Å²) >= 11 is 0. The Hall–Kier alpha value is -4.35. The van der Waals surface area contributed by atoms with Crippen LogP contribution in [0.1, 0.15) is 51.4 Å². The molecule has 2 aliphatic heterocycles. The van der Waals surface area contributed by atoms with Crippen LogP contribution >= 0.6 is 0 Å². The molecule has 3 amide bonds. The lowest BCUT2D eigenvalue weighted by Crippen LogP contribution is -2.50. The van der Waals surface area contributed by atoms with Crippen LogP contribution in [0.3, 0.4) is 0 Å². The SMILES string of the molecule is O=C(N[C@@H]1CC[C@@H](c2cccc(F)c2F)CN(CC(F)(F)F)C1=O)c1ccc2c(c1)C[C@]1(C2)C(=O)Nc2ncccc21. The number of likely N-dealkylation sites (tertiary alicyclic amines) is 1. The van der Waals surface area contributed by atoms with Crippen molar-refractivity contribution in [2.24, 2.45) is 0 Å². The van der Waals surface area contributed by atoms with Crippen molar-refractivity contribution < 1.29 is 36.3 Å². The van der Waals surface area contributed by atoms with E-state index in [2.05, 4.69) is 15.6 Å². The van der Waals surface area contributed by atoms with E-state index in [-0.39, 0.29) is 29.9 Å². The Morgan fingerprint density at radius 2 is 1.83 bits per heavy atom. The Balaban J connectivity index is 1.23. The predicted molar refractivity (Wildman–Crippen MR) is 141 cm³/mol. The van der Waals surface area contributed by atoms with Crippen LogP contribution in [0.25, 0.3) is 0 Å². The third kappa shape index (κ3) is 4.88. The van der Waals surface area contributed by atoms with E-state index in [0.29, 0.717) is 23.6 Å². The molecule has 6 rings (SSSR count). The van der Waals surface area contributed by atoms with Crippen molar-refractivity contribution in [3.05, 3.63) is 94.2 Å². The summed E-state index contributed by atoms with van der Waals surface area (Å²) < 4.78 is 68.6. The predicted octanol–water partition coefficient (Wildman–Crippen LogP) is 4.42. The minimum atomic E-state index is -4.74. The fourth-order valence-electron chi connectivity index (χ4n) is 6.39. The number of anilines is 1. The summed E-state index contributed by atoms with van der Waals surface area (Å²) in [6.07, 6.45) is -2.44. The Morgan fingerprint density at radius 3 is 2.62 bits per heavy atom. The van der Waals surface area contributed by atoms with Crippen LogP contribution in [-0.4, -0.2) is 52.9 Å². The molecule has 3 heterocycles. The highest BCUT2D eigenvalue weighted by Crippen LogP contribution is 2.46. The summed E-state index contributed by atoms with van der Waals surface area (Å²) in [6, 6.07) is 10.6. The summed E-state index contributed by atoms with van der Waals surface area (Å²) in [6.45, 7) is -2.07. The molecule has 218 valence electrons. The number of benzene rings is 2. The van der Waals surface area contributed by atoms with Crippen molar-refractivity contribution in [1.82, 2.24) is 15.2 Å². The Labute approximate surface area is 237 Å². The van der Waals surface area contributed by atoms with Crippen molar-refractivity contribution in [1.29, 1.82) is 0 Å². The van der Waals surface area contributed by atoms with Gasteiger partial charge in [0.2, 0.25) is 11.8 Å². The number of pyridine rings is 1. The minimum absolute atomic E-state index is 0.0423. The molecule has 0 saturated carbocycles. The number of aromatic nitrogens is 1. The normalized spacial score (nSPS) is 23.4. The van der Waals surface area contributed by atoms with E-state index in [0.717, 1.165) is 22.8 Å². The number of alkyl halides is 3. The van der Waals surface area contributed by atoms with Crippen molar-refractivity contribution in [2.45, 2.75) is 49.2 Å². The molecule has 1 saturated heterocycles. The molecule has 3 atom stereocenters. The number of nitrogens with zero attached hydrogens (tertiary/aromatic N) is 2. The van der Waals surface area contributed by atoms with Gasteiger partial charge in [-0.1, -0.05) is 24.3 Å². The number of fused-ring (bicyclic) bond motifs is 3. The molecule has 1 spiro atoms. The van der Waals surface area contributed by atoms with Crippen LogP contribution in [0.5, 0.6) is 0 Å². The van der Waals surface area contributed by atoms with Gasteiger partial charge in [-0.2, -0.15) is 13.2 Å². The maximum atomic E-state index is 14.5. The first-order valence-corrected chi connectivity index (χ1v) is 13.4. The molecule has 0 radical (unpaired) electrons. The van der Waals surface area contributed by atoms with Gasteiger partial charge in [0.15, 0.2) is 11.6 Å². The molecule has 1 fully saturated rings. The van der Waals surface area contributed by atoms with Crippen LogP contribution in [0.15, 0.2) is 54.7 Å². The van der Waals surface area contributed by atoms with E-state index in [1.165, 1.54) is 12.1 Å². The maximum absolute atomic E-state index is 14.5. The monoisotopic (exact) mass is 584 g/mol. The highest BCUT2D eigenvalue weighted by Gasteiger charge is 2.51. The van der Waals surface area contributed by atoms with Crippen molar-refractivity contribution >= 4 is 23.5 Å². The summed E-state index contributed by atoms with van der Waals surface area (Å²) in [5.41, 5.74) is 1.62. The maximum Gasteiger partial charge on any atom is 0.406 e. The molecule has 1 aromatic heterocycles. The standard InChI is InChI=1S/C30H25F5N4O3/c31-22-5-1-3-20(24(22)32)18-8-9-23(27(41)39(14-18)15-30(33,34)35)37-26(40)16-6-7-17-12-29(13-19(17)11-16)21-4-2-10-36-25(21)38-28(29)42/h1-7,10-11,18,23H,8-9,12-15H2,(H,37,40)(H,36,38,42)/t18-,23-,29+/m1/s1. The second-order valence-corrected chi connectivity index (χ2v) is 11.1. The van der Waals surface area contributed by atoms with Gasteiger partial charge < -0.3 is 15.5 Å². The van der Waals surface area contributed by atoms with Gasteiger partial charge in [0.25, 0.3) is 5.91 Å². The first-order chi connectivity index (χ1) is 19.9. The molecule has 3 aromatic rings. The molecule has 7 nitrogen and oxygen atoms in total. The molecule has 3 aliphatic rings. The van der Waals surface area contributed by atoms with Crippen LogP contribution in [-0.2, 0) is 27.8 Å². The molecular formula is C30H25F5N4O3. The van der Waals surface area contributed by atoms with E-state index in [1.54, 1.807) is 30.5 Å². The van der Waals surface area contributed by atoms with Gasteiger partial charge in [-0.15, -0.1) is 0 Å². The number of hydrogen-bond donors (Lipinski definition) is 2. The van der Waals surface area contributed by atoms with Crippen molar-refractivity contribution in [2.75, 3.05) is 18.4 Å². The quantitative estimate of drug-likeness (QED) is 0.445. The summed E-state index contributed by atoms with van der Waals surface area (Å²) in [7, 11) is 0. The van der Waals surface area contributed by atoms with Gasteiger partial charge in [-0.05, 0) is 66.6 Å². The van der Waals surface area contributed by atoms with Gasteiger partial charge in [0.05, 0.1) is 5.41 Å². The number of rotatable bonds is 4. The Bertz CT molecular complexity index is 1610. The molecule has 2 aromatic carbocycles. The van der Waals surface area contributed by atoms with Gasteiger partial charge in [-0.25, -0.2) is 13.8 Å². The smallest absolute Gasteiger partial charge is 0.340 e. The molecule has 12 heteroatoms. The third-order valence-corrected chi connectivity index (χ3v) is 8.39. The summed E-state index contributed by atoms with van der Waals surface area (Å²) in [5, 5.41) is 5.37. The number of carbonyl (C=O) groups excluding carboxylic acids is 3. The first-order valence-electron chi connectivity index (χ1n) is 13.4. The molecule has 1 aliphatic carbocycles. The van der Waals surface area contributed by atoms with Gasteiger partial charge in [0, 0.05) is 29.8 Å². The fourth-order valence-corrected chi connectivity index (χ4v) is 6.39. The largest absolute Gasteiger partial charge is 0.406 e. The van der Waals surface area contributed by atoms with Crippen molar-refractivity contribution in [3.8, 4) is 0 Å². The van der Waals surface area contributed by atoms with Gasteiger partial charge >= 0.3 is 6.18 Å². The van der Waals surface area contributed by atoms with E-state index in [1.807, 2.05) is 6.07 Å². The Morgan fingerprint density at radius 1 is 1.05 bits per heavy atom. The average molecular weight is 585 g/mol. The van der Waals surface area contributed by atoms with Crippen molar-refractivity contribution in [3.63, 3.8) is 0 Å². The number of halogens is 5. The van der Waals surface area contributed by atoms with Crippen LogP contribution in [0.2, 0.25) is 0 Å². The molecular weight excluding hydrogens is 559 g/mol. The van der Waals surface area contributed by atoms with Crippen LogP contribution in [0.4, 0.5) is 27.8 Å². The zero-order valence-corrected chi connectivity index (χ0v) is 22.1. The zero-order chi connectivity index (χ0) is 29.8. The Kier molecular flexibility index (Phi) is 6.74. The van der Waals surface area contributed by atoms with E-state index >= 15 is 0 Å². The van der Waals surface area contributed by atoms with E-state index in [4.69, 9.17) is 0 Å². The van der Waals surface area contributed by atoms with Crippen LogP contribution in [0, 0.1) is 11.6 Å². The molecule has 42 heavy (non-hydrogen) atoms. The number of amides is 3. The summed E-state index contributed by atoms with van der Waals surface area (Å²) in [4.78, 5) is 44.3. The number of carbonyl (C=O) groups is 3. The third-order valence-electron chi connectivity index (χ3n) is 8.39. The van der Waals surface area contributed by atoms with Crippen LogP contribution < -0.4 is 10.6 Å². The lowest BCUT2D eigenvalue weighted by molar-refractivity contribution is -0.162. The van der Waals surface area contributed by atoms with E-state index in [9.17, 15) is 36.3 Å². The molecule has 2 N–H and O–H groups in total. The van der Waals surface area contributed by atoms with Gasteiger partial charge in [-0.3, -0.25) is 14.4 Å². The second kappa shape index (κ2) is 10.2. The average Bonchev–Trinajstić information content (AvgIpc) is 3.41. The topological polar surface area (TPSA) is 91.4 Å². The second-order valence-electron chi connectivity index (χ2n) is 11.1. The summed E-state index contributed by atoms with van der Waals surface area (Å²) in [5.74, 6) is -4.51. The number of nitrogens with one attached hydrogen (secondary N) is 2. The fraction of sp³-hybridized carbons (Fsp3) is 0.333. The first kappa shape index (κ1) is 27.8. The highest BCUT2D eigenvalue weighted by molar-refractivity contribution is 6.06. The molecule has 0 unspecified atom stereocenters. The van der Waals surface area contributed by atoms with Gasteiger partial charge in [0.1, 0.15) is 18.4 Å². The van der Waals surface area contributed by atoms with E-state index < -0.39 is 60.1 Å². The zero-order valence-electron chi connectivity index (χ0n) is 22.1.